The Bertz CT molecular complexity index is 291. The van der Waals surface area contributed by atoms with Gasteiger partial charge in [0.1, 0.15) is 5.82 Å². The summed E-state index contributed by atoms with van der Waals surface area (Å²) in [5, 5.41) is 9.69. The van der Waals surface area contributed by atoms with Crippen LogP contribution in [-0.4, -0.2) is 47.7 Å². The molecule has 0 saturated heterocycles. The molecule has 0 aliphatic heterocycles. The summed E-state index contributed by atoms with van der Waals surface area (Å²) >= 11 is 0. The van der Waals surface area contributed by atoms with Gasteiger partial charge in [-0.3, -0.25) is 0 Å². The lowest BCUT2D eigenvalue weighted by molar-refractivity contribution is 0.00695. The number of aromatic nitrogens is 2. The van der Waals surface area contributed by atoms with Gasteiger partial charge in [-0.25, -0.2) is 4.98 Å². The second-order valence-corrected chi connectivity index (χ2v) is 3.42. The van der Waals surface area contributed by atoms with Crippen LogP contribution in [0.5, 0.6) is 0 Å². The number of methoxy groups -OCH3 is 1. The third kappa shape index (κ3) is 4.28. The Kier molecular flexibility index (Phi) is 6.02. The van der Waals surface area contributed by atoms with Crippen LogP contribution < -0.4 is 5.73 Å². The number of aliphatic hydroxyl groups is 1. The molecule has 0 aromatic carbocycles. The lowest BCUT2D eigenvalue weighted by atomic mass is 10.3. The summed E-state index contributed by atoms with van der Waals surface area (Å²) in [6.45, 7) is 2.11. The number of hydrogen-bond acceptors (Lipinski definition) is 5. The number of nitrogens with zero attached hydrogens (tertiary/aromatic N) is 2. The van der Waals surface area contributed by atoms with Crippen LogP contribution in [0.1, 0.15) is 5.82 Å². The van der Waals surface area contributed by atoms with Gasteiger partial charge in [0.15, 0.2) is 0 Å². The maximum atomic E-state index is 9.69. The normalized spacial score (nSPS) is 12.9. The summed E-state index contributed by atoms with van der Waals surface area (Å²) in [7, 11) is 1.61. The monoisotopic (exact) mass is 229 g/mol. The highest BCUT2D eigenvalue weighted by molar-refractivity contribution is 4.91. The second kappa shape index (κ2) is 7.34. The summed E-state index contributed by atoms with van der Waals surface area (Å²) in [6.07, 6.45) is 2.90. The average molecular weight is 229 g/mol. The first-order chi connectivity index (χ1) is 7.77. The molecule has 16 heavy (non-hydrogen) atoms. The number of aliphatic hydroxyl groups excluding tert-OH is 1. The van der Waals surface area contributed by atoms with E-state index in [1.54, 1.807) is 19.5 Å². The fraction of sp³-hybridized carbons (Fsp3) is 0.700. The highest BCUT2D eigenvalue weighted by Gasteiger charge is 2.08. The molecule has 1 heterocycles. The van der Waals surface area contributed by atoms with Crippen LogP contribution in [0.15, 0.2) is 12.4 Å². The SMILES string of the molecule is COCCOCC(O)Cn1ccnc1CN. The Balaban J connectivity index is 2.25. The molecule has 92 valence electrons. The lowest BCUT2D eigenvalue weighted by Crippen LogP contribution is -2.24. The Morgan fingerprint density at radius 1 is 1.56 bits per heavy atom. The quantitative estimate of drug-likeness (QED) is 0.580. The molecular weight excluding hydrogens is 210 g/mol. The van der Waals surface area contributed by atoms with E-state index in [-0.39, 0.29) is 6.61 Å². The van der Waals surface area contributed by atoms with Gasteiger partial charge in [-0.2, -0.15) is 0 Å². The van der Waals surface area contributed by atoms with E-state index in [0.717, 1.165) is 5.82 Å². The first-order valence-electron chi connectivity index (χ1n) is 5.22. The van der Waals surface area contributed by atoms with Gasteiger partial charge >= 0.3 is 0 Å². The summed E-state index contributed by atoms with van der Waals surface area (Å²) < 4.78 is 11.9. The van der Waals surface area contributed by atoms with E-state index in [2.05, 4.69) is 4.98 Å². The van der Waals surface area contributed by atoms with Gasteiger partial charge in [0.2, 0.25) is 0 Å². The van der Waals surface area contributed by atoms with E-state index in [1.807, 2.05) is 4.57 Å². The molecule has 0 spiro atoms. The van der Waals surface area contributed by atoms with Crippen LogP contribution in [0.4, 0.5) is 0 Å². The second-order valence-electron chi connectivity index (χ2n) is 3.42. The highest BCUT2D eigenvalue weighted by atomic mass is 16.5. The number of rotatable bonds is 8. The van der Waals surface area contributed by atoms with Crippen molar-refractivity contribution >= 4 is 0 Å². The molecule has 0 saturated carbocycles. The van der Waals surface area contributed by atoms with Crippen LogP contribution >= 0.6 is 0 Å². The van der Waals surface area contributed by atoms with Crippen molar-refractivity contribution in [2.45, 2.75) is 19.2 Å². The topological polar surface area (TPSA) is 82.5 Å². The predicted octanol–water partition coefficient (Wildman–Crippen LogP) is -0.634. The molecule has 0 bridgehead atoms. The zero-order valence-corrected chi connectivity index (χ0v) is 9.50. The largest absolute Gasteiger partial charge is 0.389 e. The van der Waals surface area contributed by atoms with E-state index in [1.165, 1.54) is 0 Å². The first-order valence-corrected chi connectivity index (χ1v) is 5.22. The molecule has 6 heteroatoms. The minimum Gasteiger partial charge on any atom is -0.389 e. The van der Waals surface area contributed by atoms with E-state index in [9.17, 15) is 5.11 Å². The third-order valence-electron chi connectivity index (χ3n) is 2.13. The molecule has 0 amide bonds. The van der Waals surface area contributed by atoms with Crippen molar-refractivity contribution in [3.05, 3.63) is 18.2 Å². The van der Waals surface area contributed by atoms with Gasteiger partial charge in [0.25, 0.3) is 0 Å². The molecule has 1 rings (SSSR count). The maximum Gasteiger partial charge on any atom is 0.122 e. The summed E-state index contributed by atoms with van der Waals surface area (Å²) in [5.41, 5.74) is 5.50. The van der Waals surface area contributed by atoms with Crippen LogP contribution in [0, 0.1) is 0 Å². The van der Waals surface area contributed by atoms with Crippen LogP contribution in [0.2, 0.25) is 0 Å². The zero-order chi connectivity index (χ0) is 11.8. The van der Waals surface area contributed by atoms with Crippen LogP contribution in [-0.2, 0) is 22.6 Å². The van der Waals surface area contributed by atoms with Crippen molar-refractivity contribution in [3.63, 3.8) is 0 Å². The van der Waals surface area contributed by atoms with Crippen LogP contribution in [0.3, 0.4) is 0 Å². The highest BCUT2D eigenvalue weighted by Crippen LogP contribution is 1.99. The van der Waals surface area contributed by atoms with E-state index in [0.29, 0.717) is 26.3 Å². The Hall–Kier alpha value is -0.950. The molecule has 0 aliphatic rings. The number of nitrogens with two attached hydrogens (primary N) is 1. The minimum atomic E-state index is -0.559. The Morgan fingerprint density at radius 3 is 3.06 bits per heavy atom. The molecule has 1 aromatic rings. The van der Waals surface area contributed by atoms with Gasteiger partial charge in [-0.1, -0.05) is 0 Å². The van der Waals surface area contributed by atoms with Gasteiger partial charge in [0, 0.05) is 19.5 Å². The average Bonchev–Trinajstić information content (AvgIpc) is 2.71. The maximum absolute atomic E-state index is 9.69. The zero-order valence-electron chi connectivity index (χ0n) is 9.50. The van der Waals surface area contributed by atoms with Crippen molar-refractivity contribution in [1.82, 2.24) is 9.55 Å². The summed E-state index contributed by atoms with van der Waals surface area (Å²) in [5.74, 6) is 0.760. The summed E-state index contributed by atoms with van der Waals surface area (Å²) in [4.78, 5) is 4.06. The van der Waals surface area contributed by atoms with Crippen molar-refractivity contribution < 1.29 is 14.6 Å². The molecule has 1 atom stereocenters. The molecule has 1 unspecified atom stereocenters. The lowest BCUT2D eigenvalue weighted by Gasteiger charge is -2.13. The van der Waals surface area contributed by atoms with Gasteiger partial charge < -0.3 is 24.9 Å². The fourth-order valence-electron chi connectivity index (χ4n) is 1.34. The molecule has 0 aliphatic carbocycles. The number of ether oxygens (including phenoxy) is 2. The minimum absolute atomic E-state index is 0.283. The van der Waals surface area contributed by atoms with E-state index in [4.69, 9.17) is 15.2 Å². The van der Waals surface area contributed by atoms with Crippen LogP contribution in [0.25, 0.3) is 0 Å². The number of hydrogen-bond donors (Lipinski definition) is 2. The number of imidazole rings is 1. The summed E-state index contributed by atoms with van der Waals surface area (Å²) in [6, 6.07) is 0. The molecule has 1 aromatic heterocycles. The van der Waals surface area contributed by atoms with Gasteiger partial charge in [-0.15, -0.1) is 0 Å². The van der Waals surface area contributed by atoms with Crippen molar-refractivity contribution in [2.24, 2.45) is 5.73 Å². The smallest absolute Gasteiger partial charge is 0.122 e. The van der Waals surface area contributed by atoms with Crippen molar-refractivity contribution in [3.8, 4) is 0 Å². The van der Waals surface area contributed by atoms with Gasteiger partial charge in [-0.05, 0) is 0 Å². The third-order valence-corrected chi connectivity index (χ3v) is 2.13. The predicted molar refractivity (Wildman–Crippen MR) is 58.8 cm³/mol. The Labute approximate surface area is 95.0 Å². The van der Waals surface area contributed by atoms with E-state index < -0.39 is 6.10 Å². The fourth-order valence-corrected chi connectivity index (χ4v) is 1.34. The van der Waals surface area contributed by atoms with Gasteiger partial charge in [0.05, 0.1) is 39.0 Å². The first kappa shape index (κ1) is 13.1. The molecule has 3 N–H and O–H groups in total. The molecule has 0 fully saturated rings. The standard InChI is InChI=1S/C10H19N3O3/c1-15-4-5-16-8-9(14)7-13-3-2-12-10(13)6-11/h2-3,9,14H,4-8,11H2,1H3. The molecule has 0 radical (unpaired) electrons. The van der Waals surface area contributed by atoms with Crippen molar-refractivity contribution in [1.29, 1.82) is 0 Å². The molecular formula is C10H19N3O3. The van der Waals surface area contributed by atoms with E-state index >= 15 is 0 Å². The van der Waals surface area contributed by atoms with Crippen molar-refractivity contribution in [2.75, 3.05) is 26.9 Å². The molecule has 6 nitrogen and oxygen atoms in total. The Morgan fingerprint density at radius 2 is 2.38 bits per heavy atom.